The Bertz CT molecular complexity index is 645. The van der Waals surface area contributed by atoms with E-state index < -0.39 is 0 Å². The van der Waals surface area contributed by atoms with Gasteiger partial charge in [0.2, 0.25) is 0 Å². The normalized spacial score (nSPS) is 15.2. The molecule has 3 rings (SSSR count). The number of benzene rings is 2. The van der Waals surface area contributed by atoms with Gasteiger partial charge in [0.15, 0.2) is 0 Å². The molecule has 2 aromatic rings. The molecular formula is C20H23NO2. The van der Waals surface area contributed by atoms with Crippen LogP contribution >= 0.6 is 0 Å². The first-order valence-electron chi connectivity index (χ1n) is 8.30. The van der Waals surface area contributed by atoms with Crippen LogP contribution in [0.3, 0.4) is 0 Å². The smallest absolute Gasteiger partial charge is 0.307 e. The maximum Gasteiger partial charge on any atom is 0.307 e. The molecule has 0 aliphatic heterocycles. The molecule has 120 valence electrons. The zero-order chi connectivity index (χ0) is 16.1. The summed E-state index contributed by atoms with van der Waals surface area (Å²) in [6.45, 7) is 2.95. The molecule has 0 aromatic heterocycles. The van der Waals surface area contributed by atoms with Crippen molar-refractivity contribution >= 4 is 5.97 Å². The van der Waals surface area contributed by atoms with Gasteiger partial charge in [0.05, 0.1) is 13.0 Å². The van der Waals surface area contributed by atoms with Crippen LogP contribution in [0.1, 0.15) is 31.7 Å². The summed E-state index contributed by atoms with van der Waals surface area (Å²) in [5.41, 5.74) is 3.83. The van der Waals surface area contributed by atoms with Crippen molar-refractivity contribution in [1.29, 1.82) is 0 Å². The predicted molar refractivity (Wildman–Crippen MR) is 92.0 cm³/mol. The van der Waals surface area contributed by atoms with Crippen LogP contribution in [-0.4, -0.2) is 19.1 Å². The second-order valence-corrected chi connectivity index (χ2v) is 6.01. The molecule has 0 radical (unpaired) electrons. The zero-order valence-corrected chi connectivity index (χ0v) is 13.5. The van der Waals surface area contributed by atoms with Crippen LogP contribution in [0.25, 0.3) is 11.1 Å². The van der Waals surface area contributed by atoms with E-state index in [1.807, 2.05) is 13.0 Å². The summed E-state index contributed by atoms with van der Waals surface area (Å²) in [7, 11) is 0. The van der Waals surface area contributed by atoms with Gasteiger partial charge in [-0.25, -0.2) is 0 Å². The van der Waals surface area contributed by atoms with Gasteiger partial charge in [0.25, 0.3) is 0 Å². The molecule has 0 atom stereocenters. The predicted octanol–water partition coefficient (Wildman–Crippen LogP) is 3.89. The van der Waals surface area contributed by atoms with E-state index in [1.165, 1.54) is 16.7 Å². The van der Waals surface area contributed by atoms with E-state index in [4.69, 9.17) is 4.74 Å². The molecule has 0 amide bonds. The minimum Gasteiger partial charge on any atom is -0.466 e. The van der Waals surface area contributed by atoms with Crippen molar-refractivity contribution in [3.63, 3.8) is 0 Å². The minimum atomic E-state index is -0.129. The molecule has 1 fully saturated rings. The van der Waals surface area contributed by atoms with Crippen LogP contribution in [0.2, 0.25) is 0 Å². The van der Waals surface area contributed by atoms with E-state index >= 15 is 0 Å². The quantitative estimate of drug-likeness (QED) is 0.789. The number of carbonyl (C=O) groups is 1. The first-order valence-corrected chi connectivity index (χ1v) is 8.30. The third-order valence-electron chi connectivity index (χ3n) is 4.39. The fourth-order valence-corrected chi connectivity index (χ4v) is 2.94. The van der Waals surface area contributed by atoms with Crippen molar-refractivity contribution in [3.8, 4) is 11.1 Å². The Morgan fingerprint density at radius 3 is 2.30 bits per heavy atom. The lowest BCUT2D eigenvalue weighted by atomic mass is 9.99. The zero-order valence-electron chi connectivity index (χ0n) is 13.5. The number of esters is 1. The van der Waals surface area contributed by atoms with E-state index in [2.05, 4.69) is 53.8 Å². The Balaban J connectivity index is 1.61. The highest BCUT2D eigenvalue weighted by Crippen LogP contribution is 2.45. The Labute approximate surface area is 137 Å². The van der Waals surface area contributed by atoms with Gasteiger partial charge in [-0.15, -0.1) is 0 Å². The lowest BCUT2D eigenvalue weighted by Gasteiger charge is -2.18. The van der Waals surface area contributed by atoms with Crippen molar-refractivity contribution in [3.05, 3.63) is 60.2 Å². The molecule has 23 heavy (non-hydrogen) atoms. The van der Waals surface area contributed by atoms with Crippen molar-refractivity contribution in [2.24, 2.45) is 0 Å². The summed E-state index contributed by atoms with van der Waals surface area (Å²) in [4.78, 5) is 11.4. The number of ether oxygens (including phenoxy) is 1. The summed E-state index contributed by atoms with van der Waals surface area (Å²) < 4.78 is 4.97. The lowest BCUT2D eigenvalue weighted by Crippen LogP contribution is -2.31. The standard InChI is InChI=1S/C20H23NO2/c1-2-23-19(22)12-15-21-20(13-14-20)18-10-8-17(9-11-18)16-6-4-3-5-7-16/h3-11,21H,2,12-15H2,1H3. The second-order valence-electron chi connectivity index (χ2n) is 6.01. The molecule has 1 aliphatic rings. The van der Waals surface area contributed by atoms with E-state index in [0.29, 0.717) is 19.6 Å². The maximum absolute atomic E-state index is 11.4. The van der Waals surface area contributed by atoms with Crippen LogP contribution < -0.4 is 5.32 Å². The molecule has 0 saturated heterocycles. The van der Waals surface area contributed by atoms with Gasteiger partial charge < -0.3 is 10.1 Å². The van der Waals surface area contributed by atoms with Crippen molar-refractivity contribution < 1.29 is 9.53 Å². The lowest BCUT2D eigenvalue weighted by molar-refractivity contribution is -0.143. The van der Waals surface area contributed by atoms with Gasteiger partial charge in [-0.2, -0.15) is 0 Å². The first-order chi connectivity index (χ1) is 11.2. The van der Waals surface area contributed by atoms with Gasteiger partial charge in [0, 0.05) is 12.1 Å². The van der Waals surface area contributed by atoms with Crippen LogP contribution in [0, 0.1) is 0 Å². The highest BCUT2D eigenvalue weighted by molar-refractivity contribution is 5.69. The molecule has 0 spiro atoms. The molecular weight excluding hydrogens is 286 g/mol. The third-order valence-corrected chi connectivity index (χ3v) is 4.39. The minimum absolute atomic E-state index is 0.0573. The molecule has 3 heteroatoms. The summed E-state index contributed by atoms with van der Waals surface area (Å²) in [5.74, 6) is -0.129. The van der Waals surface area contributed by atoms with Crippen molar-refractivity contribution in [2.75, 3.05) is 13.2 Å². The third kappa shape index (κ3) is 3.80. The molecule has 2 aromatic carbocycles. The number of carbonyl (C=O) groups excluding carboxylic acids is 1. The summed E-state index contributed by atoms with van der Waals surface area (Å²) in [5, 5.41) is 3.53. The summed E-state index contributed by atoms with van der Waals surface area (Å²) >= 11 is 0. The number of hydrogen-bond donors (Lipinski definition) is 1. The van der Waals surface area contributed by atoms with E-state index in [-0.39, 0.29) is 11.5 Å². The van der Waals surface area contributed by atoms with Crippen LogP contribution in [0.5, 0.6) is 0 Å². The Kier molecular flexibility index (Phi) is 4.77. The van der Waals surface area contributed by atoms with Gasteiger partial charge >= 0.3 is 5.97 Å². The van der Waals surface area contributed by atoms with Crippen molar-refractivity contribution in [1.82, 2.24) is 5.32 Å². The van der Waals surface area contributed by atoms with Crippen LogP contribution in [0.4, 0.5) is 0 Å². The van der Waals surface area contributed by atoms with E-state index in [9.17, 15) is 4.79 Å². The monoisotopic (exact) mass is 309 g/mol. The van der Waals surface area contributed by atoms with Gasteiger partial charge in [0.1, 0.15) is 0 Å². The highest BCUT2D eigenvalue weighted by Gasteiger charge is 2.43. The molecule has 0 bridgehead atoms. The molecule has 1 saturated carbocycles. The Morgan fingerprint density at radius 2 is 1.70 bits per heavy atom. The topological polar surface area (TPSA) is 38.3 Å². The molecule has 0 unspecified atom stereocenters. The molecule has 1 N–H and O–H groups in total. The fraction of sp³-hybridized carbons (Fsp3) is 0.350. The van der Waals surface area contributed by atoms with Crippen molar-refractivity contribution in [2.45, 2.75) is 31.7 Å². The summed E-state index contributed by atoms with van der Waals surface area (Å²) in [6.07, 6.45) is 2.68. The van der Waals surface area contributed by atoms with Gasteiger partial charge in [-0.05, 0) is 36.5 Å². The average molecular weight is 309 g/mol. The van der Waals surface area contributed by atoms with Crippen LogP contribution in [0.15, 0.2) is 54.6 Å². The fourth-order valence-electron chi connectivity index (χ4n) is 2.94. The number of nitrogens with one attached hydrogen (secondary N) is 1. The maximum atomic E-state index is 11.4. The van der Waals surface area contributed by atoms with Gasteiger partial charge in [-0.1, -0.05) is 54.6 Å². The number of rotatable bonds is 7. The van der Waals surface area contributed by atoms with E-state index in [1.54, 1.807) is 0 Å². The Morgan fingerprint density at radius 1 is 1.04 bits per heavy atom. The SMILES string of the molecule is CCOC(=O)CCNC1(c2ccc(-c3ccccc3)cc2)CC1. The number of hydrogen-bond acceptors (Lipinski definition) is 3. The first kappa shape index (κ1) is 15.8. The largest absolute Gasteiger partial charge is 0.466 e. The molecule has 3 nitrogen and oxygen atoms in total. The molecule has 1 aliphatic carbocycles. The summed E-state index contributed by atoms with van der Waals surface area (Å²) in [6, 6.07) is 19.2. The Hall–Kier alpha value is -2.13. The average Bonchev–Trinajstić information content (AvgIpc) is 3.37. The highest BCUT2D eigenvalue weighted by atomic mass is 16.5. The van der Waals surface area contributed by atoms with E-state index in [0.717, 1.165) is 12.8 Å². The van der Waals surface area contributed by atoms with Gasteiger partial charge in [-0.3, -0.25) is 4.79 Å². The van der Waals surface area contributed by atoms with Crippen LogP contribution in [-0.2, 0) is 15.1 Å². The second kappa shape index (κ2) is 6.97. The molecule has 0 heterocycles.